The summed E-state index contributed by atoms with van der Waals surface area (Å²) in [5.41, 5.74) is 1.25. The largest absolute Gasteiger partial charge is 0.490 e. The molecule has 1 aromatic carbocycles. The standard InChI is InChI=1S/C19H28N2O3/c1-14(2)12-20-19(22)13-21-8-3-5-16(21)15-6-7-17-18(11-15)24-10-4-9-23-17/h6-7,11,14,16H,3-5,8-10,12-13H2,1-2H3,(H,20,22)/p+1/t16-/m0/s1. The van der Waals surface area contributed by atoms with Crippen LogP contribution in [-0.2, 0) is 4.79 Å². The number of ether oxygens (including phenoxy) is 2. The molecular formula is C19H29N2O3+. The van der Waals surface area contributed by atoms with Crippen LogP contribution in [0, 0.1) is 5.92 Å². The summed E-state index contributed by atoms with van der Waals surface area (Å²) in [7, 11) is 0. The van der Waals surface area contributed by atoms with Gasteiger partial charge in [0.25, 0.3) is 5.91 Å². The highest BCUT2D eigenvalue weighted by Gasteiger charge is 2.32. The summed E-state index contributed by atoms with van der Waals surface area (Å²) in [6, 6.07) is 6.63. The molecule has 5 nitrogen and oxygen atoms in total. The van der Waals surface area contributed by atoms with Crippen molar-refractivity contribution in [2.75, 3.05) is 32.8 Å². The smallest absolute Gasteiger partial charge is 0.275 e. The van der Waals surface area contributed by atoms with Crippen LogP contribution in [0.3, 0.4) is 0 Å². The van der Waals surface area contributed by atoms with E-state index < -0.39 is 0 Å². The van der Waals surface area contributed by atoms with Crippen molar-refractivity contribution < 1.29 is 19.2 Å². The Balaban J connectivity index is 1.67. The fourth-order valence-electron chi connectivity index (χ4n) is 3.51. The van der Waals surface area contributed by atoms with Crippen LogP contribution >= 0.6 is 0 Å². The molecule has 1 aromatic rings. The molecule has 1 unspecified atom stereocenters. The van der Waals surface area contributed by atoms with E-state index in [1.807, 2.05) is 6.07 Å². The van der Waals surface area contributed by atoms with E-state index in [0.29, 0.717) is 31.7 Å². The van der Waals surface area contributed by atoms with Crippen molar-refractivity contribution in [2.24, 2.45) is 5.92 Å². The van der Waals surface area contributed by atoms with E-state index in [1.165, 1.54) is 10.5 Å². The maximum atomic E-state index is 12.2. The zero-order chi connectivity index (χ0) is 16.9. The number of hydrogen-bond acceptors (Lipinski definition) is 3. The van der Waals surface area contributed by atoms with Crippen LogP contribution in [-0.4, -0.2) is 38.8 Å². The second kappa shape index (κ2) is 7.88. The highest BCUT2D eigenvalue weighted by molar-refractivity contribution is 5.76. The summed E-state index contributed by atoms with van der Waals surface area (Å²) in [4.78, 5) is 13.5. The molecule has 2 atom stereocenters. The number of benzene rings is 1. The number of rotatable bonds is 5. The molecule has 0 aliphatic carbocycles. The van der Waals surface area contributed by atoms with Gasteiger partial charge in [-0.15, -0.1) is 0 Å². The predicted molar refractivity (Wildman–Crippen MR) is 92.6 cm³/mol. The average Bonchev–Trinajstić information content (AvgIpc) is 2.88. The second-order valence-corrected chi connectivity index (χ2v) is 7.23. The molecular weight excluding hydrogens is 304 g/mol. The molecule has 2 N–H and O–H groups in total. The molecule has 2 aliphatic heterocycles. The Hall–Kier alpha value is -1.75. The minimum atomic E-state index is 0.153. The van der Waals surface area contributed by atoms with Gasteiger partial charge < -0.3 is 19.7 Å². The molecule has 0 saturated carbocycles. The molecule has 24 heavy (non-hydrogen) atoms. The number of likely N-dealkylation sites (tertiary alicyclic amines) is 1. The molecule has 2 heterocycles. The molecule has 5 heteroatoms. The third-order valence-electron chi connectivity index (χ3n) is 4.75. The van der Waals surface area contributed by atoms with Gasteiger partial charge in [-0.1, -0.05) is 13.8 Å². The second-order valence-electron chi connectivity index (χ2n) is 7.23. The van der Waals surface area contributed by atoms with Crippen molar-refractivity contribution in [2.45, 2.75) is 39.2 Å². The number of hydrogen-bond donors (Lipinski definition) is 2. The van der Waals surface area contributed by atoms with Crippen molar-refractivity contribution in [1.82, 2.24) is 5.32 Å². The van der Waals surface area contributed by atoms with Crippen molar-refractivity contribution in [1.29, 1.82) is 0 Å². The van der Waals surface area contributed by atoms with Crippen LogP contribution in [0.15, 0.2) is 18.2 Å². The van der Waals surface area contributed by atoms with Crippen LogP contribution in [0.4, 0.5) is 0 Å². The van der Waals surface area contributed by atoms with E-state index in [1.54, 1.807) is 0 Å². The Morgan fingerprint density at radius 3 is 2.83 bits per heavy atom. The number of fused-ring (bicyclic) bond motifs is 1. The number of amides is 1. The summed E-state index contributed by atoms with van der Waals surface area (Å²) >= 11 is 0. The molecule has 1 saturated heterocycles. The Morgan fingerprint density at radius 2 is 2.04 bits per heavy atom. The molecule has 1 fully saturated rings. The minimum Gasteiger partial charge on any atom is -0.490 e. The van der Waals surface area contributed by atoms with Gasteiger partial charge in [-0.2, -0.15) is 0 Å². The fraction of sp³-hybridized carbons (Fsp3) is 0.632. The van der Waals surface area contributed by atoms with Gasteiger partial charge in [0.15, 0.2) is 18.0 Å². The monoisotopic (exact) mass is 333 g/mol. The molecule has 0 bridgehead atoms. The lowest BCUT2D eigenvalue weighted by Gasteiger charge is -2.22. The van der Waals surface area contributed by atoms with Gasteiger partial charge in [-0.3, -0.25) is 4.79 Å². The van der Waals surface area contributed by atoms with E-state index in [2.05, 4.69) is 31.3 Å². The molecule has 0 radical (unpaired) electrons. The molecule has 0 spiro atoms. The third kappa shape index (κ3) is 4.20. The first kappa shape index (κ1) is 17.1. The van der Waals surface area contributed by atoms with Crippen molar-refractivity contribution in [3.8, 4) is 11.5 Å². The quantitative estimate of drug-likeness (QED) is 0.855. The Morgan fingerprint density at radius 1 is 1.25 bits per heavy atom. The highest BCUT2D eigenvalue weighted by atomic mass is 16.5. The van der Waals surface area contributed by atoms with Crippen LogP contribution in [0.25, 0.3) is 0 Å². The molecule has 132 valence electrons. The van der Waals surface area contributed by atoms with E-state index >= 15 is 0 Å². The lowest BCUT2D eigenvalue weighted by atomic mass is 10.0. The van der Waals surface area contributed by atoms with Gasteiger partial charge in [-0.05, 0) is 24.1 Å². The first-order valence-electron chi connectivity index (χ1n) is 9.14. The van der Waals surface area contributed by atoms with E-state index in [0.717, 1.165) is 43.9 Å². The number of carbonyl (C=O) groups is 1. The first-order chi connectivity index (χ1) is 11.6. The topological polar surface area (TPSA) is 52.0 Å². The molecule has 3 rings (SSSR count). The zero-order valence-electron chi connectivity index (χ0n) is 14.8. The predicted octanol–water partition coefficient (Wildman–Crippen LogP) is 1.34. The maximum absolute atomic E-state index is 12.2. The average molecular weight is 333 g/mol. The summed E-state index contributed by atoms with van der Waals surface area (Å²) in [5, 5.41) is 3.03. The number of nitrogens with one attached hydrogen (secondary N) is 2. The van der Waals surface area contributed by atoms with Gasteiger partial charge in [-0.25, -0.2) is 0 Å². The van der Waals surface area contributed by atoms with Gasteiger partial charge in [0.2, 0.25) is 0 Å². The fourth-order valence-corrected chi connectivity index (χ4v) is 3.51. The number of quaternary nitrogens is 1. The summed E-state index contributed by atoms with van der Waals surface area (Å²) in [6.45, 7) is 7.99. The maximum Gasteiger partial charge on any atom is 0.275 e. The molecule has 1 amide bonds. The molecule has 0 aromatic heterocycles. The summed E-state index contributed by atoms with van der Waals surface area (Å²) in [6.07, 6.45) is 3.19. The number of carbonyl (C=O) groups excluding carboxylic acids is 1. The van der Waals surface area contributed by atoms with Gasteiger partial charge >= 0.3 is 0 Å². The third-order valence-corrected chi connectivity index (χ3v) is 4.75. The van der Waals surface area contributed by atoms with Crippen LogP contribution < -0.4 is 19.7 Å². The Bertz CT molecular complexity index is 574. The SMILES string of the molecule is CC(C)CNC(=O)C[NH+]1CCC[C@H]1c1ccc2c(c1)OCCCO2. The minimum absolute atomic E-state index is 0.153. The molecule has 2 aliphatic rings. The normalized spacial score (nSPS) is 23.1. The summed E-state index contributed by atoms with van der Waals surface area (Å²) in [5.74, 6) is 2.32. The van der Waals surface area contributed by atoms with Crippen molar-refractivity contribution in [3.63, 3.8) is 0 Å². The Kier molecular flexibility index (Phi) is 5.61. The lowest BCUT2D eigenvalue weighted by molar-refractivity contribution is -0.910. The lowest BCUT2D eigenvalue weighted by Crippen LogP contribution is -3.11. The van der Waals surface area contributed by atoms with Crippen LogP contribution in [0.2, 0.25) is 0 Å². The van der Waals surface area contributed by atoms with Crippen molar-refractivity contribution in [3.05, 3.63) is 23.8 Å². The van der Waals surface area contributed by atoms with E-state index in [9.17, 15) is 4.79 Å². The van der Waals surface area contributed by atoms with Crippen LogP contribution in [0.1, 0.15) is 44.7 Å². The van der Waals surface area contributed by atoms with E-state index in [4.69, 9.17) is 9.47 Å². The van der Waals surface area contributed by atoms with Gasteiger partial charge in [0.1, 0.15) is 6.04 Å². The van der Waals surface area contributed by atoms with E-state index in [-0.39, 0.29) is 5.91 Å². The summed E-state index contributed by atoms with van der Waals surface area (Å²) < 4.78 is 11.5. The Labute approximate surface area is 144 Å². The van der Waals surface area contributed by atoms with Gasteiger partial charge in [0, 0.05) is 31.4 Å². The van der Waals surface area contributed by atoms with Gasteiger partial charge in [0.05, 0.1) is 19.8 Å². The first-order valence-corrected chi connectivity index (χ1v) is 9.14. The zero-order valence-corrected chi connectivity index (χ0v) is 14.8. The van der Waals surface area contributed by atoms with Crippen LogP contribution in [0.5, 0.6) is 11.5 Å². The van der Waals surface area contributed by atoms with Crippen molar-refractivity contribution >= 4 is 5.91 Å². The highest BCUT2D eigenvalue weighted by Crippen LogP contribution is 2.33.